The third kappa shape index (κ3) is 8.97. The summed E-state index contributed by atoms with van der Waals surface area (Å²) in [5.74, 6) is -0.455. The fourth-order valence-corrected chi connectivity index (χ4v) is 7.32. The normalized spacial score (nSPS) is 14.1. The molecule has 1 saturated heterocycles. The van der Waals surface area contributed by atoms with Gasteiger partial charge in [0.2, 0.25) is 21.8 Å². The smallest absolute Gasteiger partial charge is 0.243 e. The SMILES string of the molecule is O=C(NCc1ccc(Cl)cc1)C(Cc1ccccc1)N(Cc1ccc(Cl)cc1)C(=O)CCc1ccc(S(=O)(=O)N2CCCC2)cc1. The number of hydrogen-bond donors (Lipinski definition) is 1. The molecule has 1 heterocycles. The van der Waals surface area contributed by atoms with E-state index < -0.39 is 16.1 Å². The van der Waals surface area contributed by atoms with E-state index in [1.54, 1.807) is 53.4 Å². The first kappa shape index (κ1) is 33.7. The summed E-state index contributed by atoms with van der Waals surface area (Å²) in [4.78, 5) is 29.8. The van der Waals surface area contributed by atoms with Crippen LogP contribution in [0.2, 0.25) is 10.0 Å². The summed E-state index contributed by atoms with van der Waals surface area (Å²) in [7, 11) is -3.52. The molecule has 1 unspecified atom stereocenters. The van der Waals surface area contributed by atoms with Crippen molar-refractivity contribution in [1.29, 1.82) is 0 Å². The quantitative estimate of drug-likeness (QED) is 0.171. The van der Waals surface area contributed by atoms with Crippen molar-refractivity contribution in [3.05, 3.63) is 135 Å². The number of benzene rings is 4. The molecular weight excluding hydrogens is 641 g/mol. The molecule has 5 rings (SSSR count). The lowest BCUT2D eigenvalue weighted by Crippen LogP contribution is -2.50. The Morgan fingerprint density at radius 2 is 1.30 bits per heavy atom. The van der Waals surface area contributed by atoms with E-state index in [9.17, 15) is 18.0 Å². The van der Waals surface area contributed by atoms with Crippen LogP contribution in [0.5, 0.6) is 0 Å². The van der Waals surface area contributed by atoms with Crippen LogP contribution in [0.4, 0.5) is 0 Å². The van der Waals surface area contributed by atoms with Crippen molar-refractivity contribution < 1.29 is 18.0 Å². The van der Waals surface area contributed by atoms with Crippen molar-refractivity contribution in [3.63, 3.8) is 0 Å². The molecule has 1 atom stereocenters. The van der Waals surface area contributed by atoms with Gasteiger partial charge in [0.1, 0.15) is 6.04 Å². The Balaban J connectivity index is 1.36. The summed E-state index contributed by atoms with van der Waals surface area (Å²) in [6.07, 6.45) is 2.61. The lowest BCUT2D eigenvalue weighted by molar-refractivity contribution is -0.141. The molecule has 0 aromatic heterocycles. The maximum atomic E-state index is 14.0. The summed E-state index contributed by atoms with van der Waals surface area (Å²) < 4.78 is 27.4. The van der Waals surface area contributed by atoms with E-state index in [1.165, 1.54) is 4.31 Å². The van der Waals surface area contributed by atoms with Gasteiger partial charge in [-0.25, -0.2) is 8.42 Å². The van der Waals surface area contributed by atoms with Gasteiger partial charge in [0.25, 0.3) is 0 Å². The van der Waals surface area contributed by atoms with E-state index in [2.05, 4.69) is 5.32 Å². The summed E-state index contributed by atoms with van der Waals surface area (Å²) in [6.45, 7) is 1.59. The fourth-order valence-electron chi connectivity index (χ4n) is 5.55. The van der Waals surface area contributed by atoms with Crippen LogP contribution >= 0.6 is 23.2 Å². The molecule has 0 aliphatic carbocycles. The number of sulfonamides is 1. The van der Waals surface area contributed by atoms with Crippen LogP contribution in [0.3, 0.4) is 0 Å². The predicted molar refractivity (Wildman–Crippen MR) is 182 cm³/mol. The topological polar surface area (TPSA) is 86.8 Å². The number of hydrogen-bond acceptors (Lipinski definition) is 4. The molecule has 1 fully saturated rings. The highest BCUT2D eigenvalue weighted by Crippen LogP contribution is 2.23. The van der Waals surface area contributed by atoms with Gasteiger partial charge in [0.05, 0.1) is 4.90 Å². The zero-order valence-electron chi connectivity index (χ0n) is 25.4. The van der Waals surface area contributed by atoms with Gasteiger partial charge in [-0.15, -0.1) is 0 Å². The van der Waals surface area contributed by atoms with Crippen molar-refractivity contribution in [2.45, 2.75) is 56.1 Å². The van der Waals surface area contributed by atoms with Crippen LogP contribution < -0.4 is 5.32 Å². The second kappa shape index (κ2) is 15.7. The number of nitrogens with zero attached hydrogens (tertiary/aromatic N) is 2. The highest BCUT2D eigenvalue weighted by molar-refractivity contribution is 7.89. The zero-order chi connectivity index (χ0) is 32.5. The van der Waals surface area contributed by atoms with Crippen LogP contribution in [-0.4, -0.2) is 48.6 Å². The fraction of sp³-hybridized carbons (Fsp3) is 0.278. The number of halogens is 2. The van der Waals surface area contributed by atoms with Crippen molar-refractivity contribution in [3.8, 4) is 0 Å². The van der Waals surface area contributed by atoms with Crippen LogP contribution in [0.15, 0.2) is 108 Å². The lowest BCUT2D eigenvalue weighted by atomic mass is 10.0. The minimum atomic E-state index is -3.52. The predicted octanol–water partition coefficient (Wildman–Crippen LogP) is 6.67. The number of aryl methyl sites for hydroxylation is 1. The van der Waals surface area contributed by atoms with Crippen molar-refractivity contribution >= 4 is 45.0 Å². The van der Waals surface area contributed by atoms with E-state index in [-0.39, 0.29) is 36.2 Å². The van der Waals surface area contributed by atoms with Crippen LogP contribution in [-0.2, 0) is 45.5 Å². The number of nitrogens with one attached hydrogen (secondary N) is 1. The average Bonchev–Trinajstić information content (AvgIpc) is 3.63. The van der Waals surface area contributed by atoms with E-state index >= 15 is 0 Å². The summed E-state index contributed by atoms with van der Waals surface area (Å²) in [5, 5.41) is 4.22. The van der Waals surface area contributed by atoms with E-state index in [0.717, 1.165) is 35.1 Å². The largest absolute Gasteiger partial charge is 0.350 e. The molecule has 4 aromatic carbocycles. The molecule has 4 aromatic rings. The number of carbonyl (C=O) groups excluding carboxylic acids is 2. The van der Waals surface area contributed by atoms with Gasteiger partial charge in [-0.2, -0.15) is 4.31 Å². The summed E-state index contributed by atoms with van der Waals surface area (Å²) in [6, 6.07) is 30.1. The molecule has 7 nitrogen and oxygen atoms in total. The Morgan fingerprint density at radius 3 is 1.91 bits per heavy atom. The zero-order valence-corrected chi connectivity index (χ0v) is 27.8. The van der Waals surface area contributed by atoms with Gasteiger partial charge < -0.3 is 10.2 Å². The number of amides is 2. The molecule has 0 spiro atoms. The molecule has 46 heavy (non-hydrogen) atoms. The minimum Gasteiger partial charge on any atom is -0.350 e. The van der Waals surface area contributed by atoms with E-state index in [0.29, 0.717) is 36.0 Å². The first-order valence-corrected chi connectivity index (χ1v) is 17.6. The van der Waals surface area contributed by atoms with Gasteiger partial charge >= 0.3 is 0 Å². The number of carbonyl (C=O) groups is 2. The lowest BCUT2D eigenvalue weighted by Gasteiger charge is -2.32. The molecule has 0 saturated carbocycles. The van der Waals surface area contributed by atoms with E-state index in [4.69, 9.17) is 23.2 Å². The van der Waals surface area contributed by atoms with Crippen LogP contribution in [0.25, 0.3) is 0 Å². The monoisotopic (exact) mass is 677 g/mol. The molecule has 240 valence electrons. The molecule has 10 heteroatoms. The van der Waals surface area contributed by atoms with Gasteiger partial charge in [0.15, 0.2) is 0 Å². The van der Waals surface area contributed by atoms with Gasteiger partial charge in [-0.3, -0.25) is 9.59 Å². The average molecular weight is 679 g/mol. The molecule has 1 N–H and O–H groups in total. The van der Waals surface area contributed by atoms with Crippen molar-refractivity contribution in [1.82, 2.24) is 14.5 Å². The maximum Gasteiger partial charge on any atom is 0.243 e. The second-order valence-electron chi connectivity index (χ2n) is 11.5. The Kier molecular flexibility index (Phi) is 11.5. The highest BCUT2D eigenvalue weighted by Gasteiger charge is 2.31. The molecule has 2 amide bonds. The minimum absolute atomic E-state index is 0.140. The first-order valence-electron chi connectivity index (χ1n) is 15.4. The molecule has 0 radical (unpaired) electrons. The van der Waals surface area contributed by atoms with E-state index in [1.807, 2.05) is 54.6 Å². The Morgan fingerprint density at radius 1 is 0.739 bits per heavy atom. The van der Waals surface area contributed by atoms with Gasteiger partial charge in [0, 0.05) is 49.1 Å². The molecular formula is C36H37Cl2N3O4S. The number of rotatable bonds is 13. The molecule has 0 bridgehead atoms. The van der Waals surface area contributed by atoms with Gasteiger partial charge in [-0.05, 0) is 77.9 Å². The van der Waals surface area contributed by atoms with Gasteiger partial charge in [-0.1, -0.05) is 89.9 Å². The third-order valence-electron chi connectivity index (χ3n) is 8.17. The summed E-state index contributed by atoms with van der Waals surface area (Å²) in [5.41, 5.74) is 3.50. The Hall–Kier alpha value is -3.69. The molecule has 1 aliphatic rings. The van der Waals surface area contributed by atoms with Crippen molar-refractivity contribution in [2.24, 2.45) is 0 Å². The third-order valence-corrected chi connectivity index (χ3v) is 10.6. The Bertz CT molecular complexity index is 1710. The summed E-state index contributed by atoms with van der Waals surface area (Å²) >= 11 is 12.2. The first-order chi connectivity index (χ1) is 22.2. The van der Waals surface area contributed by atoms with Crippen LogP contribution in [0, 0.1) is 0 Å². The standard InChI is InChI=1S/C36H37Cl2N3O4S/c37-31-15-8-29(9-16-31)25-39-36(43)34(24-28-6-2-1-3-7-28)41(26-30-10-17-32(38)18-11-30)35(42)21-14-27-12-19-33(20-13-27)46(44,45)40-22-4-5-23-40/h1-3,6-13,15-20,34H,4-5,14,21-26H2,(H,39,43). The second-order valence-corrected chi connectivity index (χ2v) is 14.3. The van der Waals surface area contributed by atoms with Crippen molar-refractivity contribution in [2.75, 3.05) is 13.1 Å². The Labute approximate surface area is 281 Å². The van der Waals surface area contributed by atoms with Crippen LogP contribution in [0.1, 0.15) is 41.5 Å². The maximum absolute atomic E-state index is 14.0. The highest BCUT2D eigenvalue weighted by atomic mass is 35.5. The molecule has 1 aliphatic heterocycles.